The number of benzene rings is 2. The summed E-state index contributed by atoms with van der Waals surface area (Å²) in [5.41, 5.74) is 6.19. The van der Waals surface area contributed by atoms with E-state index in [1.165, 1.54) is 29.0 Å². The molecule has 0 atom stereocenters. The minimum atomic E-state index is -4.93. The van der Waals surface area contributed by atoms with E-state index in [1.54, 1.807) is 32.0 Å². The molecule has 1 aromatic heterocycles. The maximum absolute atomic E-state index is 12.3. The van der Waals surface area contributed by atoms with Gasteiger partial charge in [0.2, 0.25) is 0 Å². The van der Waals surface area contributed by atoms with E-state index in [4.69, 9.17) is 15.6 Å². The number of esters is 1. The van der Waals surface area contributed by atoms with Crippen molar-refractivity contribution >= 4 is 23.6 Å². The van der Waals surface area contributed by atoms with Gasteiger partial charge in [0.1, 0.15) is 5.75 Å². The van der Waals surface area contributed by atoms with Crippen LogP contribution in [-0.2, 0) is 4.74 Å². The fourth-order valence-electron chi connectivity index (χ4n) is 2.94. The predicted octanol–water partition coefficient (Wildman–Crippen LogP) is 4.53. The lowest BCUT2D eigenvalue weighted by atomic mass is 10.1. The fraction of sp³-hybridized carbons (Fsp3) is 0.174. The van der Waals surface area contributed by atoms with Crippen LogP contribution in [0.4, 0.5) is 18.9 Å². The molecular formula is C23H21F3N2O7. The van der Waals surface area contributed by atoms with E-state index in [-0.39, 0.29) is 23.4 Å². The number of carboxylic acids is 2. The van der Waals surface area contributed by atoms with Crippen molar-refractivity contribution in [3.8, 4) is 11.4 Å². The number of nitrogens with zero attached hydrogens (tertiary/aromatic N) is 1. The van der Waals surface area contributed by atoms with Crippen LogP contribution in [0, 0.1) is 6.92 Å². The minimum Gasteiger partial charge on any atom is -0.478 e. The number of halogens is 3. The number of para-hydroxylation sites is 1. The van der Waals surface area contributed by atoms with Gasteiger partial charge < -0.3 is 30.0 Å². The third-order valence-electron chi connectivity index (χ3n) is 4.41. The number of carboxylic acid groups (broad SMARTS) is 2. The zero-order valence-corrected chi connectivity index (χ0v) is 18.5. The van der Waals surface area contributed by atoms with E-state index in [2.05, 4.69) is 4.74 Å². The van der Waals surface area contributed by atoms with Crippen molar-refractivity contribution in [3.63, 3.8) is 0 Å². The van der Waals surface area contributed by atoms with Crippen molar-refractivity contribution in [3.05, 3.63) is 77.1 Å². The number of nitrogen functional groups attached to an aromatic ring is 1. The molecule has 35 heavy (non-hydrogen) atoms. The Kier molecular flexibility index (Phi) is 8.49. The molecule has 3 aromatic rings. The van der Waals surface area contributed by atoms with Crippen molar-refractivity contribution in [2.75, 3.05) is 12.3 Å². The normalized spacial score (nSPS) is 10.7. The highest BCUT2D eigenvalue weighted by Gasteiger charge is 2.31. The first-order valence-corrected chi connectivity index (χ1v) is 9.91. The number of aromatic carboxylic acids is 2. The number of aryl methyl sites for hydroxylation is 1. The van der Waals surface area contributed by atoms with Crippen molar-refractivity contribution in [1.29, 1.82) is 0 Å². The third-order valence-corrected chi connectivity index (χ3v) is 4.41. The van der Waals surface area contributed by atoms with Gasteiger partial charge in [-0.15, -0.1) is 13.2 Å². The van der Waals surface area contributed by atoms with Crippen molar-refractivity contribution in [2.45, 2.75) is 20.2 Å². The molecule has 0 saturated carbocycles. The summed E-state index contributed by atoms with van der Waals surface area (Å²) >= 11 is 0. The van der Waals surface area contributed by atoms with Gasteiger partial charge in [0.25, 0.3) is 0 Å². The van der Waals surface area contributed by atoms with Crippen LogP contribution in [0.15, 0.2) is 54.7 Å². The van der Waals surface area contributed by atoms with Gasteiger partial charge in [-0.1, -0.05) is 12.1 Å². The van der Waals surface area contributed by atoms with Crippen molar-refractivity contribution < 1.29 is 47.2 Å². The summed E-state index contributed by atoms with van der Waals surface area (Å²) in [6, 6.07) is 10.8. The number of hydrogen-bond acceptors (Lipinski definition) is 6. The first-order chi connectivity index (χ1) is 16.3. The standard InChI is InChI=1S/C16H14F3NO5.C7H7NO2/c1-3-24-15(23)10-6-9(2)20(8-10)13-5-4-11(25-16(17,18)19)7-12(13)14(21)22;8-6-4-2-1-3-5(6)7(9)10/h4-8H,3H2,1-2H3,(H,21,22);1-4H,8H2,(H,9,10). The Hall–Kier alpha value is -4.48. The summed E-state index contributed by atoms with van der Waals surface area (Å²) in [4.78, 5) is 33.5. The second-order valence-electron chi connectivity index (χ2n) is 6.88. The summed E-state index contributed by atoms with van der Waals surface area (Å²) in [6.45, 7) is 3.44. The van der Waals surface area contributed by atoms with E-state index in [0.717, 1.165) is 12.1 Å². The summed E-state index contributed by atoms with van der Waals surface area (Å²) in [7, 11) is 0. The highest BCUT2D eigenvalue weighted by atomic mass is 19.4. The smallest absolute Gasteiger partial charge is 0.478 e. The molecule has 186 valence electrons. The second-order valence-corrected chi connectivity index (χ2v) is 6.88. The predicted molar refractivity (Wildman–Crippen MR) is 118 cm³/mol. The van der Waals surface area contributed by atoms with Crippen LogP contribution in [0.3, 0.4) is 0 Å². The number of carbonyl (C=O) groups is 3. The molecule has 4 N–H and O–H groups in total. The van der Waals surface area contributed by atoms with E-state index in [1.807, 2.05) is 0 Å². The molecular weight excluding hydrogens is 473 g/mol. The van der Waals surface area contributed by atoms with Crippen molar-refractivity contribution in [1.82, 2.24) is 4.57 Å². The zero-order valence-electron chi connectivity index (χ0n) is 18.5. The van der Waals surface area contributed by atoms with Crippen LogP contribution >= 0.6 is 0 Å². The Labute approximate surface area is 197 Å². The molecule has 0 amide bonds. The highest BCUT2D eigenvalue weighted by Crippen LogP contribution is 2.28. The largest absolute Gasteiger partial charge is 0.573 e. The Balaban J connectivity index is 0.000000360. The Morgan fingerprint density at radius 1 is 1.00 bits per heavy atom. The number of rotatable bonds is 6. The van der Waals surface area contributed by atoms with Crippen LogP contribution in [0.2, 0.25) is 0 Å². The van der Waals surface area contributed by atoms with Crippen molar-refractivity contribution in [2.24, 2.45) is 0 Å². The summed E-state index contributed by atoms with van der Waals surface area (Å²) in [5, 5.41) is 17.8. The van der Waals surface area contributed by atoms with Gasteiger partial charge in [-0.2, -0.15) is 0 Å². The molecule has 0 spiro atoms. The highest BCUT2D eigenvalue weighted by molar-refractivity contribution is 5.94. The van der Waals surface area contributed by atoms with Crippen LogP contribution in [0.25, 0.3) is 5.69 Å². The number of ether oxygens (including phenoxy) is 2. The maximum atomic E-state index is 12.3. The minimum absolute atomic E-state index is 0.0927. The molecule has 0 saturated heterocycles. The van der Waals surface area contributed by atoms with Gasteiger partial charge in [0, 0.05) is 17.6 Å². The molecule has 2 aromatic carbocycles. The number of aromatic nitrogens is 1. The SMILES string of the molecule is CCOC(=O)c1cc(C)n(-c2ccc(OC(F)(F)F)cc2C(=O)O)c1.Nc1ccccc1C(=O)O. The molecule has 0 aliphatic heterocycles. The average molecular weight is 494 g/mol. The van der Waals surface area contributed by atoms with Gasteiger partial charge in [0.15, 0.2) is 0 Å². The molecule has 0 bridgehead atoms. The molecule has 12 heteroatoms. The monoisotopic (exact) mass is 494 g/mol. The van der Waals surface area contributed by atoms with Crippen LogP contribution < -0.4 is 10.5 Å². The topological polar surface area (TPSA) is 141 Å². The molecule has 0 radical (unpaired) electrons. The van der Waals surface area contributed by atoms with Crippen LogP contribution in [0.5, 0.6) is 5.75 Å². The maximum Gasteiger partial charge on any atom is 0.573 e. The Morgan fingerprint density at radius 2 is 1.63 bits per heavy atom. The molecule has 0 unspecified atom stereocenters. The zero-order chi connectivity index (χ0) is 26.3. The van der Waals surface area contributed by atoms with Crippen LogP contribution in [0.1, 0.15) is 43.7 Å². The Morgan fingerprint density at radius 3 is 2.14 bits per heavy atom. The quantitative estimate of drug-likeness (QED) is 0.335. The van der Waals surface area contributed by atoms with E-state index in [9.17, 15) is 32.7 Å². The number of hydrogen-bond donors (Lipinski definition) is 3. The average Bonchev–Trinajstić information content (AvgIpc) is 3.15. The van der Waals surface area contributed by atoms with E-state index >= 15 is 0 Å². The first kappa shape index (κ1) is 26.8. The molecule has 0 aliphatic rings. The molecule has 0 fully saturated rings. The number of nitrogens with two attached hydrogens (primary N) is 1. The van der Waals surface area contributed by atoms with Gasteiger partial charge >= 0.3 is 24.3 Å². The third kappa shape index (κ3) is 7.25. The lowest BCUT2D eigenvalue weighted by Crippen LogP contribution is -2.17. The first-order valence-electron chi connectivity index (χ1n) is 9.91. The second kappa shape index (κ2) is 11.1. The van der Waals surface area contributed by atoms with Gasteiger partial charge in [-0.25, -0.2) is 14.4 Å². The van der Waals surface area contributed by atoms with E-state index in [0.29, 0.717) is 11.4 Å². The molecule has 9 nitrogen and oxygen atoms in total. The van der Waals surface area contributed by atoms with Gasteiger partial charge in [-0.05, 0) is 50.2 Å². The molecule has 1 heterocycles. The lowest BCUT2D eigenvalue weighted by molar-refractivity contribution is -0.274. The summed E-state index contributed by atoms with van der Waals surface area (Å²) < 4.78 is 46.9. The molecule has 0 aliphatic carbocycles. The Bertz CT molecular complexity index is 1240. The number of alkyl halides is 3. The number of anilines is 1. The van der Waals surface area contributed by atoms with Crippen LogP contribution in [-0.4, -0.2) is 45.7 Å². The summed E-state index contributed by atoms with van der Waals surface area (Å²) in [6.07, 6.45) is -3.57. The lowest BCUT2D eigenvalue weighted by Gasteiger charge is -2.13. The fourth-order valence-corrected chi connectivity index (χ4v) is 2.94. The van der Waals surface area contributed by atoms with Gasteiger partial charge in [-0.3, -0.25) is 0 Å². The molecule has 3 rings (SSSR count). The van der Waals surface area contributed by atoms with Gasteiger partial charge in [0.05, 0.1) is 29.0 Å². The number of carbonyl (C=O) groups excluding carboxylic acids is 1. The van der Waals surface area contributed by atoms with E-state index < -0.39 is 35.6 Å². The summed E-state index contributed by atoms with van der Waals surface area (Å²) in [5.74, 6) is -3.66.